The zero-order valence-corrected chi connectivity index (χ0v) is 15.5. The first-order chi connectivity index (χ1) is 11.2. The third-order valence-corrected chi connectivity index (χ3v) is 3.82. The van der Waals surface area contributed by atoms with Crippen LogP contribution in [0.3, 0.4) is 0 Å². The standard InChI is InChI=1S/C18H21Cl2N3O/c1-18(2,3)23-17(24)13-5-7-16(22-11-13)21-9-8-12-4-6-14(19)10-15(12)20/h4-7,10-11H,8-9H2,1-3H3,(H,21,22)(H,23,24). The molecule has 4 nitrogen and oxygen atoms in total. The molecule has 0 bridgehead atoms. The number of hydrogen-bond acceptors (Lipinski definition) is 3. The van der Waals surface area contributed by atoms with Crippen molar-refractivity contribution in [2.24, 2.45) is 0 Å². The first-order valence-electron chi connectivity index (χ1n) is 7.71. The van der Waals surface area contributed by atoms with E-state index in [2.05, 4.69) is 15.6 Å². The Morgan fingerprint density at radius 3 is 2.50 bits per heavy atom. The minimum absolute atomic E-state index is 0.130. The molecule has 24 heavy (non-hydrogen) atoms. The lowest BCUT2D eigenvalue weighted by atomic mass is 10.1. The number of amides is 1. The quantitative estimate of drug-likeness (QED) is 0.815. The topological polar surface area (TPSA) is 54.0 Å². The van der Waals surface area contributed by atoms with Gasteiger partial charge in [-0.25, -0.2) is 4.98 Å². The van der Waals surface area contributed by atoms with E-state index in [1.165, 1.54) is 0 Å². The second kappa shape index (κ2) is 7.86. The second-order valence-corrected chi connectivity index (χ2v) is 7.39. The fourth-order valence-corrected chi connectivity index (χ4v) is 2.60. The molecule has 1 heterocycles. The molecule has 0 saturated heterocycles. The highest BCUT2D eigenvalue weighted by atomic mass is 35.5. The number of halogens is 2. The highest BCUT2D eigenvalue weighted by Crippen LogP contribution is 2.21. The third-order valence-electron chi connectivity index (χ3n) is 3.23. The number of nitrogens with zero attached hydrogens (tertiary/aromatic N) is 1. The molecular weight excluding hydrogens is 345 g/mol. The van der Waals surface area contributed by atoms with Gasteiger partial charge in [0.2, 0.25) is 0 Å². The molecule has 0 unspecified atom stereocenters. The van der Waals surface area contributed by atoms with Crippen molar-refractivity contribution in [3.8, 4) is 0 Å². The van der Waals surface area contributed by atoms with Crippen molar-refractivity contribution in [2.75, 3.05) is 11.9 Å². The average Bonchev–Trinajstić information content (AvgIpc) is 2.48. The van der Waals surface area contributed by atoms with Gasteiger partial charge in [-0.05, 0) is 57.0 Å². The number of carbonyl (C=O) groups is 1. The van der Waals surface area contributed by atoms with Crippen molar-refractivity contribution < 1.29 is 4.79 Å². The Morgan fingerprint density at radius 2 is 1.92 bits per heavy atom. The Balaban J connectivity index is 1.89. The summed E-state index contributed by atoms with van der Waals surface area (Å²) in [6.45, 7) is 6.50. The van der Waals surface area contributed by atoms with Crippen LogP contribution in [0.4, 0.5) is 5.82 Å². The molecule has 0 radical (unpaired) electrons. The van der Waals surface area contributed by atoms with E-state index in [-0.39, 0.29) is 11.4 Å². The third kappa shape index (κ3) is 5.69. The van der Waals surface area contributed by atoms with E-state index in [0.717, 1.165) is 12.0 Å². The number of anilines is 1. The molecule has 1 aromatic carbocycles. The molecule has 0 spiro atoms. The van der Waals surface area contributed by atoms with E-state index >= 15 is 0 Å². The summed E-state index contributed by atoms with van der Waals surface area (Å²) < 4.78 is 0. The number of rotatable bonds is 5. The van der Waals surface area contributed by atoms with Crippen molar-refractivity contribution in [3.05, 3.63) is 57.7 Å². The number of carbonyl (C=O) groups excluding carboxylic acids is 1. The van der Waals surface area contributed by atoms with Gasteiger partial charge in [0.15, 0.2) is 0 Å². The molecule has 2 aromatic rings. The molecule has 1 aromatic heterocycles. The first kappa shape index (κ1) is 18.6. The van der Waals surface area contributed by atoms with E-state index in [1.54, 1.807) is 24.4 Å². The van der Waals surface area contributed by atoms with E-state index in [4.69, 9.17) is 23.2 Å². The summed E-state index contributed by atoms with van der Waals surface area (Å²) in [5, 5.41) is 7.41. The highest BCUT2D eigenvalue weighted by Gasteiger charge is 2.15. The Kier molecular flexibility index (Phi) is 6.08. The molecule has 1 amide bonds. The van der Waals surface area contributed by atoms with Gasteiger partial charge in [0.1, 0.15) is 5.82 Å². The van der Waals surface area contributed by atoms with Crippen molar-refractivity contribution >= 4 is 34.9 Å². The van der Waals surface area contributed by atoms with Crippen LogP contribution in [0.25, 0.3) is 0 Å². The minimum atomic E-state index is -0.272. The summed E-state index contributed by atoms with van der Waals surface area (Å²) in [7, 11) is 0. The van der Waals surface area contributed by atoms with Crippen LogP contribution in [0.15, 0.2) is 36.5 Å². The molecule has 0 saturated carbocycles. The summed E-state index contributed by atoms with van der Waals surface area (Å²) in [6.07, 6.45) is 2.32. The van der Waals surface area contributed by atoms with Gasteiger partial charge in [-0.15, -0.1) is 0 Å². The van der Waals surface area contributed by atoms with Gasteiger partial charge in [0.05, 0.1) is 5.56 Å². The fraction of sp³-hybridized carbons (Fsp3) is 0.333. The van der Waals surface area contributed by atoms with Crippen LogP contribution in [-0.4, -0.2) is 23.0 Å². The van der Waals surface area contributed by atoms with E-state index in [0.29, 0.717) is 28.0 Å². The van der Waals surface area contributed by atoms with Crippen LogP contribution in [0.1, 0.15) is 36.7 Å². The van der Waals surface area contributed by atoms with E-state index in [9.17, 15) is 4.79 Å². The van der Waals surface area contributed by atoms with Crippen LogP contribution in [-0.2, 0) is 6.42 Å². The molecule has 0 aliphatic carbocycles. The lowest BCUT2D eigenvalue weighted by molar-refractivity contribution is 0.0919. The molecule has 128 valence electrons. The normalized spacial score (nSPS) is 11.2. The zero-order chi connectivity index (χ0) is 17.7. The molecule has 6 heteroatoms. The van der Waals surface area contributed by atoms with Crippen LogP contribution in [0, 0.1) is 0 Å². The number of nitrogens with one attached hydrogen (secondary N) is 2. The molecule has 0 fully saturated rings. The lowest BCUT2D eigenvalue weighted by Crippen LogP contribution is -2.40. The molecular formula is C18H21Cl2N3O. The number of aromatic nitrogens is 1. The van der Waals surface area contributed by atoms with Crippen LogP contribution in [0.5, 0.6) is 0 Å². The van der Waals surface area contributed by atoms with Crippen molar-refractivity contribution in [2.45, 2.75) is 32.7 Å². The highest BCUT2D eigenvalue weighted by molar-refractivity contribution is 6.35. The maximum Gasteiger partial charge on any atom is 0.253 e. The summed E-state index contributed by atoms with van der Waals surface area (Å²) in [5.41, 5.74) is 1.29. The van der Waals surface area contributed by atoms with Crippen molar-refractivity contribution in [1.29, 1.82) is 0 Å². The number of hydrogen-bond donors (Lipinski definition) is 2. The maximum absolute atomic E-state index is 12.0. The molecule has 2 N–H and O–H groups in total. The van der Waals surface area contributed by atoms with E-state index < -0.39 is 0 Å². The Morgan fingerprint density at radius 1 is 1.17 bits per heavy atom. The summed E-state index contributed by atoms with van der Waals surface area (Å²) >= 11 is 12.0. The maximum atomic E-state index is 12.0. The zero-order valence-electron chi connectivity index (χ0n) is 14.0. The molecule has 0 aliphatic heterocycles. The van der Waals surface area contributed by atoms with Gasteiger partial charge in [-0.3, -0.25) is 4.79 Å². The predicted molar refractivity (Wildman–Crippen MR) is 100 cm³/mol. The monoisotopic (exact) mass is 365 g/mol. The summed E-state index contributed by atoms with van der Waals surface area (Å²) in [5.74, 6) is 0.585. The van der Waals surface area contributed by atoms with Gasteiger partial charge in [0, 0.05) is 28.3 Å². The lowest BCUT2D eigenvalue weighted by Gasteiger charge is -2.20. The van der Waals surface area contributed by atoms with Gasteiger partial charge in [-0.2, -0.15) is 0 Å². The van der Waals surface area contributed by atoms with Gasteiger partial charge >= 0.3 is 0 Å². The minimum Gasteiger partial charge on any atom is -0.370 e. The van der Waals surface area contributed by atoms with Crippen molar-refractivity contribution in [3.63, 3.8) is 0 Å². The van der Waals surface area contributed by atoms with Gasteiger partial charge < -0.3 is 10.6 Å². The van der Waals surface area contributed by atoms with Crippen LogP contribution >= 0.6 is 23.2 Å². The second-order valence-electron chi connectivity index (χ2n) is 6.55. The van der Waals surface area contributed by atoms with E-state index in [1.807, 2.05) is 32.9 Å². The van der Waals surface area contributed by atoms with Crippen LogP contribution in [0.2, 0.25) is 10.0 Å². The Hall–Kier alpha value is -1.78. The van der Waals surface area contributed by atoms with Gasteiger partial charge in [-0.1, -0.05) is 29.3 Å². The molecule has 0 aliphatic rings. The summed E-state index contributed by atoms with van der Waals surface area (Å²) in [6, 6.07) is 9.02. The predicted octanol–water partition coefficient (Wildman–Crippen LogP) is 4.57. The average molecular weight is 366 g/mol. The molecule has 0 atom stereocenters. The molecule has 2 rings (SSSR count). The van der Waals surface area contributed by atoms with Gasteiger partial charge in [0.25, 0.3) is 5.91 Å². The Bertz CT molecular complexity index is 709. The van der Waals surface area contributed by atoms with Crippen molar-refractivity contribution in [1.82, 2.24) is 10.3 Å². The van der Waals surface area contributed by atoms with Crippen LogP contribution < -0.4 is 10.6 Å². The Labute approximate surface area is 152 Å². The largest absolute Gasteiger partial charge is 0.370 e. The number of pyridine rings is 1. The smallest absolute Gasteiger partial charge is 0.253 e. The number of benzene rings is 1. The SMILES string of the molecule is CC(C)(C)NC(=O)c1ccc(NCCc2ccc(Cl)cc2Cl)nc1. The fourth-order valence-electron chi connectivity index (χ4n) is 2.10. The first-order valence-corrected chi connectivity index (χ1v) is 8.46. The summed E-state index contributed by atoms with van der Waals surface area (Å²) in [4.78, 5) is 16.3.